The van der Waals surface area contributed by atoms with Crippen molar-refractivity contribution < 1.29 is 0 Å². The van der Waals surface area contributed by atoms with E-state index in [0.717, 1.165) is 18.7 Å². The van der Waals surface area contributed by atoms with Crippen molar-refractivity contribution in [1.29, 1.82) is 0 Å². The van der Waals surface area contributed by atoms with Crippen molar-refractivity contribution in [2.45, 2.75) is 6.42 Å². The van der Waals surface area contributed by atoms with Crippen LogP contribution in [-0.4, -0.2) is 6.54 Å². The van der Waals surface area contributed by atoms with E-state index in [2.05, 4.69) is 17.5 Å². The Morgan fingerprint density at radius 2 is 2.50 bits per heavy atom. The topological polar surface area (TPSA) is 38.0 Å². The molecular weight excluding hydrogens is 100 g/mol. The fraction of sp³-hybridized carbons (Fsp3) is 0.333. The van der Waals surface area contributed by atoms with Gasteiger partial charge < -0.3 is 11.1 Å². The van der Waals surface area contributed by atoms with Gasteiger partial charge in [0, 0.05) is 24.9 Å². The van der Waals surface area contributed by atoms with Crippen molar-refractivity contribution in [2.24, 2.45) is 5.73 Å². The van der Waals surface area contributed by atoms with Gasteiger partial charge in [-0.05, 0) is 0 Å². The molecule has 0 saturated heterocycles. The number of nitrogens with two attached hydrogens (primary N) is 1. The van der Waals surface area contributed by atoms with Crippen LogP contribution in [-0.2, 0) is 0 Å². The smallest absolute Gasteiger partial charge is 0.0328 e. The summed E-state index contributed by atoms with van der Waals surface area (Å²) in [4.78, 5) is 0. The average molecular weight is 110 g/mol. The minimum Gasteiger partial charge on any atom is -0.403 e. The van der Waals surface area contributed by atoms with E-state index in [1.165, 1.54) is 0 Å². The summed E-state index contributed by atoms with van der Waals surface area (Å²) in [6, 6.07) is 0. The van der Waals surface area contributed by atoms with Crippen LogP contribution in [0.1, 0.15) is 6.42 Å². The van der Waals surface area contributed by atoms with Crippen molar-refractivity contribution in [1.82, 2.24) is 5.32 Å². The summed E-state index contributed by atoms with van der Waals surface area (Å²) < 4.78 is 0. The predicted molar refractivity (Wildman–Crippen MR) is 34.0 cm³/mol. The first-order valence-electron chi connectivity index (χ1n) is 2.73. The van der Waals surface area contributed by atoms with Gasteiger partial charge in [0.15, 0.2) is 0 Å². The van der Waals surface area contributed by atoms with E-state index in [1.54, 1.807) is 6.20 Å². The van der Waals surface area contributed by atoms with Crippen LogP contribution in [0.15, 0.2) is 24.0 Å². The first-order valence-corrected chi connectivity index (χ1v) is 2.73. The molecule has 0 spiro atoms. The molecule has 1 rings (SSSR count). The van der Waals surface area contributed by atoms with Crippen LogP contribution in [0.5, 0.6) is 0 Å². The average Bonchev–Trinajstić information content (AvgIpc) is 1.90. The van der Waals surface area contributed by atoms with Gasteiger partial charge in [0.2, 0.25) is 0 Å². The number of allylic oxidation sites excluding steroid dienone is 1. The highest BCUT2D eigenvalue weighted by Crippen LogP contribution is 1.99. The van der Waals surface area contributed by atoms with Crippen molar-refractivity contribution in [3.05, 3.63) is 24.0 Å². The Morgan fingerprint density at radius 1 is 1.62 bits per heavy atom. The lowest BCUT2D eigenvalue weighted by Crippen LogP contribution is -2.16. The lowest BCUT2D eigenvalue weighted by atomic mass is 10.2. The van der Waals surface area contributed by atoms with Gasteiger partial charge in [-0.3, -0.25) is 0 Å². The summed E-state index contributed by atoms with van der Waals surface area (Å²) in [7, 11) is 0. The van der Waals surface area contributed by atoms with E-state index < -0.39 is 0 Å². The normalized spacial score (nSPS) is 23.2. The van der Waals surface area contributed by atoms with Gasteiger partial charge in [0.1, 0.15) is 0 Å². The largest absolute Gasteiger partial charge is 0.403 e. The summed E-state index contributed by atoms with van der Waals surface area (Å²) >= 11 is 0. The lowest BCUT2D eigenvalue weighted by molar-refractivity contribution is 0.833. The van der Waals surface area contributed by atoms with Crippen LogP contribution in [0.3, 0.4) is 0 Å². The third kappa shape index (κ3) is 1.03. The van der Waals surface area contributed by atoms with Gasteiger partial charge in [-0.15, -0.1) is 0 Å². The zero-order valence-corrected chi connectivity index (χ0v) is 4.72. The summed E-state index contributed by atoms with van der Waals surface area (Å²) in [5.74, 6) is 0. The Balaban J connectivity index is 2.50. The number of rotatable bonds is 0. The molecule has 1 aliphatic rings. The number of hydrogen-bond acceptors (Lipinski definition) is 2. The predicted octanol–water partition coefficient (Wildman–Crippen LogP) is 0.336. The highest BCUT2D eigenvalue weighted by atomic mass is 14.9. The maximum Gasteiger partial charge on any atom is 0.0328 e. The second-order valence-corrected chi connectivity index (χ2v) is 1.75. The minimum absolute atomic E-state index is 0.920. The Labute approximate surface area is 49.1 Å². The molecule has 0 bridgehead atoms. The van der Waals surface area contributed by atoms with E-state index >= 15 is 0 Å². The Bertz CT molecular complexity index is 124. The van der Waals surface area contributed by atoms with Crippen LogP contribution < -0.4 is 11.1 Å². The van der Waals surface area contributed by atoms with E-state index in [1.807, 2.05) is 0 Å². The molecule has 0 aromatic heterocycles. The molecule has 2 nitrogen and oxygen atoms in total. The minimum atomic E-state index is 0.920. The molecule has 0 aliphatic carbocycles. The van der Waals surface area contributed by atoms with Crippen molar-refractivity contribution >= 4 is 0 Å². The molecule has 8 heavy (non-hydrogen) atoms. The third-order valence-corrected chi connectivity index (χ3v) is 1.15. The maximum atomic E-state index is 5.24. The Morgan fingerprint density at radius 3 is 2.88 bits per heavy atom. The van der Waals surface area contributed by atoms with Crippen LogP contribution in [0.4, 0.5) is 0 Å². The van der Waals surface area contributed by atoms with Crippen LogP contribution in [0.2, 0.25) is 0 Å². The molecule has 1 aliphatic heterocycles. The summed E-state index contributed by atoms with van der Waals surface area (Å²) in [5, 5.41) is 3.12. The highest BCUT2D eigenvalue weighted by Gasteiger charge is 1.93. The third-order valence-electron chi connectivity index (χ3n) is 1.15. The van der Waals surface area contributed by atoms with E-state index in [0.29, 0.717) is 0 Å². The molecule has 0 radical (unpaired) electrons. The number of nitrogens with one attached hydrogen (secondary N) is 1. The second-order valence-electron chi connectivity index (χ2n) is 1.75. The van der Waals surface area contributed by atoms with Crippen molar-refractivity contribution in [2.75, 3.05) is 6.54 Å². The van der Waals surface area contributed by atoms with E-state index in [4.69, 9.17) is 5.73 Å². The van der Waals surface area contributed by atoms with Crippen LogP contribution in [0.25, 0.3) is 0 Å². The standard InChI is InChI=1S/C6H10N2/c7-5-6-3-1-2-4-8-6/h1-2,5,8H,3-4,7H2. The Hall–Kier alpha value is -0.920. The van der Waals surface area contributed by atoms with Gasteiger partial charge in [-0.1, -0.05) is 12.2 Å². The van der Waals surface area contributed by atoms with Crippen LogP contribution >= 0.6 is 0 Å². The molecule has 0 amide bonds. The van der Waals surface area contributed by atoms with E-state index in [-0.39, 0.29) is 0 Å². The molecular formula is C6H10N2. The summed E-state index contributed by atoms with van der Waals surface area (Å²) in [6.07, 6.45) is 6.77. The maximum absolute atomic E-state index is 5.24. The fourth-order valence-corrected chi connectivity index (χ4v) is 0.683. The van der Waals surface area contributed by atoms with Crippen LogP contribution in [0, 0.1) is 0 Å². The fourth-order valence-electron chi connectivity index (χ4n) is 0.683. The Kier molecular flexibility index (Phi) is 1.57. The van der Waals surface area contributed by atoms with Gasteiger partial charge >= 0.3 is 0 Å². The highest BCUT2D eigenvalue weighted by molar-refractivity contribution is 5.09. The van der Waals surface area contributed by atoms with Crippen molar-refractivity contribution in [3.8, 4) is 0 Å². The SMILES string of the molecule is NC=C1CC=CCN1. The molecule has 2 heteroatoms. The first-order chi connectivity index (χ1) is 3.93. The molecule has 0 fully saturated rings. The molecule has 0 saturated carbocycles. The number of hydrogen-bond donors (Lipinski definition) is 2. The van der Waals surface area contributed by atoms with Crippen molar-refractivity contribution in [3.63, 3.8) is 0 Å². The quantitative estimate of drug-likeness (QED) is 0.441. The molecule has 1 heterocycles. The van der Waals surface area contributed by atoms with Gasteiger partial charge in [0.05, 0.1) is 0 Å². The molecule has 0 atom stereocenters. The monoisotopic (exact) mass is 110 g/mol. The molecule has 0 aromatic rings. The summed E-state index contributed by atoms with van der Waals surface area (Å²) in [5.41, 5.74) is 6.36. The summed E-state index contributed by atoms with van der Waals surface area (Å²) in [6.45, 7) is 0.920. The molecule has 0 unspecified atom stereocenters. The lowest BCUT2D eigenvalue weighted by Gasteiger charge is -2.09. The van der Waals surface area contributed by atoms with Gasteiger partial charge in [0.25, 0.3) is 0 Å². The molecule has 44 valence electrons. The first kappa shape index (κ1) is 5.22. The van der Waals surface area contributed by atoms with E-state index in [9.17, 15) is 0 Å². The molecule has 3 N–H and O–H groups in total. The molecule has 0 aromatic carbocycles. The second kappa shape index (κ2) is 2.40. The van der Waals surface area contributed by atoms with Gasteiger partial charge in [-0.2, -0.15) is 0 Å². The zero-order valence-electron chi connectivity index (χ0n) is 4.72. The zero-order chi connectivity index (χ0) is 5.82. The van der Waals surface area contributed by atoms with Gasteiger partial charge in [-0.25, -0.2) is 0 Å².